The zero-order chi connectivity index (χ0) is 37.3. The van der Waals surface area contributed by atoms with Crippen LogP contribution in [0.3, 0.4) is 0 Å². The lowest BCUT2D eigenvalue weighted by Gasteiger charge is -2.37. The lowest BCUT2D eigenvalue weighted by Crippen LogP contribution is -2.35. The molecule has 0 aliphatic heterocycles. The number of rotatable bonds is 14. The summed E-state index contributed by atoms with van der Waals surface area (Å²) in [5.41, 5.74) is 2.80. The lowest BCUT2D eigenvalue weighted by molar-refractivity contribution is -0.00584. The largest absolute Gasteiger partial charge is 0.393 e. The monoisotopic (exact) mass is 754 g/mol. The first-order valence-corrected chi connectivity index (χ1v) is 22.4. The van der Waals surface area contributed by atoms with Gasteiger partial charge in [0.25, 0.3) is 0 Å². The first kappa shape index (κ1) is 37.3. The fourth-order valence-electron chi connectivity index (χ4n) is 8.74. The fraction of sp³-hybridized carbons (Fsp3) is 0.176. The number of ether oxygens (including phenoxy) is 1. The topological polar surface area (TPSA) is 29.5 Å². The summed E-state index contributed by atoms with van der Waals surface area (Å²) in [4.78, 5) is 0. The summed E-state index contributed by atoms with van der Waals surface area (Å²) in [7, 11) is -1.43. The van der Waals surface area contributed by atoms with E-state index in [1.54, 1.807) is 0 Å². The second kappa shape index (κ2) is 17.8. The van der Waals surface area contributed by atoms with Gasteiger partial charge in [-0.25, -0.2) is 0 Å². The van der Waals surface area contributed by atoms with Crippen molar-refractivity contribution >= 4 is 37.1 Å². The number of hydrogen-bond acceptors (Lipinski definition) is 2. The van der Waals surface area contributed by atoms with Crippen LogP contribution < -0.4 is 21.2 Å². The average molecular weight is 755 g/mol. The average Bonchev–Trinajstić information content (AvgIpc) is 3.57. The van der Waals surface area contributed by atoms with E-state index < -0.39 is 27.5 Å². The van der Waals surface area contributed by atoms with Crippen molar-refractivity contribution < 1.29 is 9.84 Å². The van der Waals surface area contributed by atoms with Crippen molar-refractivity contribution in [2.24, 2.45) is 11.8 Å². The summed E-state index contributed by atoms with van der Waals surface area (Å²) in [5.74, 6) is 0.344. The molecule has 7 aromatic rings. The van der Waals surface area contributed by atoms with Crippen LogP contribution >= 0.6 is 15.8 Å². The minimum Gasteiger partial charge on any atom is -0.393 e. The van der Waals surface area contributed by atoms with E-state index in [4.69, 9.17) is 4.74 Å². The molecule has 0 radical (unpaired) electrons. The summed E-state index contributed by atoms with van der Waals surface area (Å²) in [5, 5.41) is 17.9. The molecule has 0 spiro atoms. The fourth-order valence-corrected chi connectivity index (χ4v) is 14.8. The van der Waals surface area contributed by atoms with E-state index in [0.717, 1.165) is 35.7 Å². The summed E-state index contributed by atoms with van der Waals surface area (Å²) < 4.78 is 7.39. The number of aliphatic hydroxyl groups excluding tert-OH is 1. The second-order valence-electron chi connectivity index (χ2n) is 14.4. The first-order chi connectivity index (χ1) is 27.2. The highest BCUT2D eigenvalue weighted by Gasteiger charge is 2.47. The highest BCUT2D eigenvalue weighted by molar-refractivity contribution is 7.74. The number of benzene rings is 7. The normalized spacial score (nSPS) is 18.5. The van der Waals surface area contributed by atoms with Crippen LogP contribution in [0.4, 0.5) is 0 Å². The Morgan fingerprint density at radius 2 is 0.800 bits per heavy atom. The Labute approximate surface area is 329 Å². The third kappa shape index (κ3) is 8.16. The highest BCUT2D eigenvalue weighted by Crippen LogP contribution is 2.56. The van der Waals surface area contributed by atoms with Gasteiger partial charge in [0, 0.05) is 6.61 Å². The molecule has 1 aliphatic carbocycles. The molecule has 1 N–H and O–H groups in total. The summed E-state index contributed by atoms with van der Waals surface area (Å²) in [6, 6.07) is 76.3. The van der Waals surface area contributed by atoms with E-state index in [0.29, 0.717) is 12.3 Å². The van der Waals surface area contributed by atoms with Crippen molar-refractivity contribution in [3.8, 4) is 0 Å². The Hall–Kier alpha value is -4.68. The Kier molecular flexibility index (Phi) is 12.1. The predicted octanol–water partition coefficient (Wildman–Crippen LogP) is 10.0. The molecule has 1 aliphatic rings. The summed E-state index contributed by atoms with van der Waals surface area (Å²) in [6.45, 7) is 0.507. The quantitative estimate of drug-likeness (QED) is 0.0885. The minimum atomic E-state index is -0.802. The molecule has 0 bridgehead atoms. The smallest absolute Gasteiger partial charge is 0.143 e. The van der Waals surface area contributed by atoms with Crippen molar-refractivity contribution in [3.63, 3.8) is 0 Å². The Morgan fingerprint density at radius 3 is 1.18 bits per heavy atom. The van der Waals surface area contributed by atoms with E-state index in [9.17, 15) is 5.11 Å². The highest BCUT2D eigenvalue weighted by atomic mass is 31.1. The van der Waals surface area contributed by atoms with Crippen LogP contribution in [0.2, 0.25) is 0 Å². The Morgan fingerprint density at radius 1 is 0.455 bits per heavy atom. The zero-order valence-corrected chi connectivity index (χ0v) is 32.9. The third-order valence-electron chi connectivity index (χ3n) is 11.3. The van der Waals surface area contributed by atoms with E-state index in [-0.39, 0.29) is 11.8 Å². The molecule has 1 fully saturated rings. The molecular weight excluding hydrogens is 707 g/mol. The van der Waals surface area contributed by atoms with Crippen LogP contribution in [0.25, 0.3) is 0 Å². The van der Waals surface area contributed by atoms with Gasteiger partial charge in [0.1, 0.15) is 5.60 Å². The van der Waals surface area contributed by atoms with Crippen LogP contribution in [0, 0.1) is 11.8 Å². The Balaban J connectivity index is 1.20. The predicted molar refractivity (Wildman–Crippen MR) is 234 cm³/mol. The van der Waals surface area contributed by atoms with Gasteiger partial charge in [-0.3, -0.25) is 0 Å². The third-order valence-corrected chi connectivity index (χ3v) is 16.9. The van der Waals surface area contributed by atoms with E-state index in [1.807, 2.05) is 0 Å². The second-order valence-corrected chi connectivity index (χ2v) is 19.1. The molecule has 7 aromatic carbocycles. The minimum absolute atomic E-state index is 0.0693. The maximum absolute atomic E-state index is 12.4. The molecule has 0 saturated heterocycles. The van der Waals surface area contributed by atoms with Gasteiger partial charge in [0.15, 0.2) is 0 Å². The standard InChI is InChI=1S/C51H48O2P2/c52-49-38-50(55(45-32-18-6-19-33-45)46-34-20-7-21-35-46)48(39-54(43-28-14-4-15-29-43)44-30-16-5-17-31-44)47(49)36-37-53-51(40-22-8-1-9-23-40,41-24-10-2-11-25-41)42-26-12-3-13-27-42/h1-35,47-50,52H,36-39H2/t47-,48-,49+,50+/m1/s1. The van der Waals surface area contributed by atoms with Crippen molar-refractivity contribution in [2.45, 2.75) is 30.2 Å². The van der Waals surface area contributed by atoms with Gasteiger partial charge >= 0.3 is 0 Å². The maximum Gasteiger partial charge on any atom is 0.143 e. The summed E-state index contributed by atoms with van der Waals surface area (Å²) in [6.07, 6.45) is 2.11. The molecule has 0 amide bonds. The molecule has 2 nitrogen and oxygen atoms in total. The molecule has 1 saturated carbocycles. The number of hydrogen-bond donors (Lipinski definition) is 1. The maximum atomic E-state index is 12.4. The van der Waals surface area contributed by atoms with Crippen LogP contribution in [0.1, 0.15) is 29.5 Å². The summed E-state index contributed by atoms with van der Waals surface area (Å²) >= 11 is 0. The Bertz CT molecular complexity index is 1990. The molecule has 0 unspecified atom stereocenters. The van der Waals surface area contributed by atoms with Crippen molar-refractivity contribution in [3.05, 3.63) is 229 Å². The van der Waals surface area contributed by atoms with Gasteiger partial charge < -0.3 is 9.84 Å². The van der Waals surface area contributed by atoms with E-state index in [1.165, 1.54) is 21.2 Å². The van der Waals surface area contributed by atoms with Gasteiger partial charge in [0.2, 0.25) is 0 Å². The van der Waals surface area contributed by atoms with Gasteiger partial charge in [0.05, 0.1) is 6.10 Å². The molecule has 55 heavy (non-hydrogen) atoms. The molecule has 0 aromatic heterocycles. The molecule has 274 valence electrons. The van der Waals surface area contributed by atoms with Crippen LogP contribution in [0.5, 0.6) is 0 Å². The van der Waals surface area contributed by atoms with Crippen molar-refractivity contribution in [2.75, 3.05) is 12.8 Å². The van der Waals surface area contributed by atoms with Gasteiger partial charge in [-0.05, 0) is 90.3 Å². The lowest BCUT2D eigenvalue weighted by atomic mass is 9.80. The SMILES string of the molecule is O[C@H]1C[C@H](P(c2ccccc2)c2ccccc2)[C@H](CP(c2ccccc2)c2ccccc2)[C@H]1CCOC(c1ccccc1)(c1ccccc1)c1ccccc1. The van der Waals surface area contributed by atoms with E-state index >= 15 is 0 Å². The van der Waals surface area contributed by atoms with Gasteiger partial charge in [-0.2, -0.15) is 0 Å². The van der Waals surface area contributed by atoms with Crippen molar-refractivity contribution in [1.82, 2.24) is 0 Å². The number of aliphatic hydroxyl groups is 1. The van der Waals surface area contributed by atoms with Crippen LogP contribution in [-0.2, 0) is 10.3 Å². The van der Waals surface area contributed by atoms with Gasteiger partial charge in [-0.15, -0.1) is 0 Å². The van der Waals surface area contributed by atoms with Gasteiger partial charge in [-0.1, -0.05) is 212 Å². The first-order valence-electron chi connectivity index (χ1n) is 19.5. The van der Waals surface area contributed by atoms with E-state index in [2.05, 4.69) is 212 Å². The molecule has 8 rings (SSSR count). The molecule has 4 atom stereocenters. The molecular formula is C51H48O2P2. The zero-order valence-electron chi connectivity index (χ0n) is 31.1. The van der Waals surface area contributed by atoms with Crippen LogP contribution in [0.15, 0.2) is 212 Å². The molecule has 4 heteroatoms. The molecule has 0 heterocycles. The van der Waals surface area contributed by atoms with Crippen molar-refractivity contribution in [1.29, 1.82) is 0 Å². The van der Waals surface area contributed by atoms with Crippen LogP contribution in [-0.4, -0.2) is 29.6 Å².